The summed E-state index contributed by atoms with van der Waals surface area (Å²) in [7, 11) is 1.84. The van der Waals surface area contributed by atoms with Gasteiger partial charge >= 0.3 is 6.41 Å². The van der Waals surface area contributed by atoms with Gasteiger partial charge in [0.1, 0.15) is 0 Å². The van der Waals surface area contributed by atoms with Crippen LogP contribution in [0.25, 0.3) is 0 Å². The molecule has 2 nitrogen and oxygen atoms in total. The molecule has 1 radical (unpaired) electrons. The number of amides is 1. The van der Waals surface area contributed by atoms with Gasteiger partial charge in [0.25, 0.3) is 0 Å². The third kappa shape index (κ3) is 2.52. The van der Waals surface area contributed by atoms with Gasteiger partial charge in [-0.2, -0.15) is 0 Å². The van der Waals surface area contributed by atoms with Crippen molar-refractivity contribution in [1.82, 2.24) is 4.90 Å². The first-order valence-corrected chi connectivity index (χ1v) is 4.45. The predicted molar refractivity (Wildman–Crippen MR) is 44.9 cm³/mol. The lowest BCUT2D eigenvalue weighted by Gasteiger charge is -2.21. The normalized spacial score (nSPS) is 20.8. The van der Waals surface area contributed by atoms with Gasteiger partial charge in [-0.15, -0.1) is 0 Å². The van der Waals surface area contributed by atoms with Crippen LogP contribution < -0.4 is 0 Å². The summed E-state index contributed by atoms with van der Waals surface area (Å²) in [6.07, 6.45) is 9.51. The van der Waals surface area contributed by atoms with Crippen LogP contribution in [-0.2, 0) is 4.79 Å². The monoisotopic (exact) mass is 154 g/mol. The molecule has 63 valence electrons. The van der Waals surface area contributed by atoms with Crippen LogP contribution in [0, 0.1) is 0 Å². The van der Waals surface area contributed by atoms with E-state index in [1.807, 2.05) is 13.5 Å². The number of carbonyl (C=O) groups excluding carboxylic acids is 1. The Balaban J connectivity index is 2.35. The van der Waals surface area contributed by atoms with Gasteiger partial charge in [0.05, 0.1) is 0 Å². The van der Waals surface area contributed by atoms with Crippen LogP contribution in [0.4, 0.5) is 0 Å². The third-order valence-electron chi connectivity index (χ3n) is 2.52. The Hall–Kier alpha value is -0.530. The van der Waals surface area contributed by atoms with Crippen LogP contribution in [0.3, 0.4) is 0 Å². The molecule has 0 atom stereocenters. The van der Waals surface area contributed by atoms with E-state index in [2.05, 4.69) is 0 Å². The van der Waals surface area contributed by atoms with Crippen LogP contribution in [0.1, 0.15) is 38.5 Å². The van der Waals surface area contributed by atoms with Crippen molar-refractivity contribution in [3.8, 4) is 0 Å². The molecule has 2 heteroatoms. The first kappa shape index (κ1) is 8.57. The summed E-state index contributed by atoms with van der Waals surface area (Å²) in [5.41, 5.74) is 0. The first-order chi connectivity index (χ1) is 5.34. The molecule has 0 spiro atoms. The van der Waals surface area contributed by atoms with E-state index in [0.29, 0.717) is 6.04 Å². The minimum atomic E-state index is 0.468. The van der Waals surface area contributed by atoms with Crippen LogP contribution in [0.5, 0.6) is 0 Å². The standard InChI is InChI=1S/C9H16NO/c1-10(8-11)9-6-4-2-3-5-7-9/h9H,2-7H2,1H3. The number of hydrogen-bond donors (Lipinski definition) is 0. The molecule has 11 heavy (non-hydrogen) atoms. The Kier molecular flexibility index (Phi) is 3.40. The zero-order valence-electron chi connectivity index (χ0n) is 7.18. The molecule has 0 aliphatic heterocycles. The minimum absolute atomic E-state index is 0.468. The second-order valence-corrected chi connectivity index (χ2v) is 3.35. The number of hydrogen-bond acceptors (Lipinski definition) is 1. The Bertz CT molecular complexity index is 117. The van der Waals surface area contributed by atoms with Crippen molar-refractivity contribution >= 4 is 6.41 Å². The minimum Gasteiger partial charge on any atom is -0.335 e. The SMILES string of the molecule is CN([C]=O)C1CCCCCC1. The maximum atomic E-state index is 10.3. The average molecular weight is 154 g/mol. The van der Waals surface area contributed by atoms with E-state index in [0.717, 1.165) is 0 Å². The Morgan fingerprint density at radius 1 is 1.18 bits per heavy atom. The fourth-order valence-corrected chi connectivity index (χ4v) is 1.72. The summed E-state index contributed by atoms with van der Waals surface area (Å²) in [6.45, 7) is 0. The molecule has 0 aromatic rings. The summed E-state index contributed by atoms with van der Waals surface area (Å²) in [6, 6.07) is 0.468. The van der Waals surface area contributed by atoms with Gasteiger partial charge in [-0.1, -0.05) is 25.7 Å². The summed E-state index contributed by atoms with van der Waals surface area (Å²) in [5.74, 6) is 0. The van der Waals surface area contributed by atoms with Crippen molar-refractivity contribution in [2.75, 3.05) is 7.05 Å². The highest BCUT2D eigenvalue weighted by Gasteiger charge is 2.15. The summed E-state index contributed by atoms with van der Waals surface area (Å²) < 4.78 is 0. The predicted octanol–water partition coefficient (Wildman–Crippen LogP) is 1.71. The molecule has 1 aliphatic rings. The van der Waals surface area contributed by atoms with Crippen molar-refractivity contribution in [3.05, 3.63) is 0 Å². The second-order valence-electron chi connectivity index (χ2n) is 3.35. The first-order valence-electron chi connectivity index (χ1n) is 4.45. The molecule has 0 unspecified atom stereocenters. The van der Waals surface area contributed by atoms with E-state index < -0.39 is 0 Å². The molecule has 1 saturated carbocycles. The van der Waals surface area contributed by atoms with Crippen molar-refractivity contribution in [3.63, 3.8) is 0 Å². The van der Waals surface area contributed by atoms with E-state index in [9.17, 15) is 4.79 Å². The summed E-state index contributed by atoms with van der Waals surface area (Å²) >= 11 is 0. The van der Waals surface area contributed by atoms with Crippen molar-refractivity contribution in [2.45, 2.75) is 44.6 Å². The molecular formula is C9H16NO. The van der Waals surface area contributed by atoms with Gasteiger partial charge in [0.15, 0.2) is 0 Å². The van der Waals surface area contributed by atoms with E-state index in [1.54, 1.807) is 4.90 Å². The maximum Gasteiger partial charge on any atom is 0.312 e. The largest absolute Gasteiger partial charge is 0.335 e. The molecule has 1 fully saturated rings. The number of rotatable bonds is 2. The quantitative estimate of drug-likeness (QED) is 0.438. The lowest BCUT2D eigenvalue weighted by Crippen LogP contribution is -2.29. The van der Waals surface area contributed by atoms with Gasteiger partial charge in [0.2, 0.25) is 0 Å². The van der Waals surface area contributed by atoms with Crippen molar-refractivity contribution in [1.29, 1.82) is 0 Å². The summed E-state index contributed by atoms with van der Waals surface area (Å²) in [5, 5.41) is 0. The smallest absolute Gasteiger partial charge is 0.312 e. The van der Waals surface area contributed by atoms with Gasteiger partial charge in [-0.3, -0.25) is 4.79 Å². The zero-order valence-corrected chi connectivity index (χ0v) is 7.18. The molecule has 0 saturated heterocycles. The highest BCUT2D eigenvalue weighted by atomic mass is 16.1. The van der Waals surface area contributed by atoms with Gasteiger partial charge < -0.3 is 4.90 Å². The third-order valence-corrected chi connectivity index (χ3v) is 2.52. The molecule has 1 amide bonds. The van der Waals surface area contributed by atoms with Gasteiger partial charge in [-0.25, -0.2) is 0 Å². The molecule has 1 aliphatic carbocycles. The van der Waals surface area contributed by atoms with E-state index >= 15 is 0 Å². The van der Waals surface area contributed by atoms with Crippen LogP contribution in [0.15, 0.2) is 0 Å². The highest BCUT2D eigenvalue weighted by Crippen LogP contribution is 2.19. The fraction of sp³-hybridized carbons (Fsp3) is 0.889. The Morgan fingerprint density at radius 2 is 1.73 bits per heavy atom. The highest BCUT2D eigenvalue weighted by molar-refractivity contribution is 5.48. The molecule has 0 N–H and O–H groups in total. The van der Waals surface area contributed by atoms with E-state index in [1.165, 1.54) is 38.5 Å². The second kappa shape index (κ2) is 4.37. The average Bonchev–Trinajstić information content (AvgIpc) is 2.30. The molecule has 0 aromatic heterocycles. The topological polar surface area (TPSA) is 20.3 Å². The molecule has 0 bridgehead atoms. The van der Waals surface area contributed by atoms with Crippen molar-refractivity contribution < 1.29 is 4.79 Å². The van der Waals surface area contributed by atoms with Crippen LogP contribution in [-0.4, -0.2) is 24.4 Å². The molecule has 0 heterocycles. The lowest BCUT2D eigenvalue weighted by atomic mass is 10.1. The Morgan fingerprint density at radius 3 is 2.18 bits per heavy atom. The zero-order chi connectivity index (χ0) is 8.10. The van der Waals surface area contributed by atoms with Crippen LogP contribution >= 0.6 is 0 Å². The maximum absolute atomic E-state index is 10.3. The van der Waals surface area contributed by atoms with Crippen molar-refractivity contribution in [2.24, 2.45) is 0 Å². The fourth-order valence-electron chi connectivity index (χ4n) is 1.72. The van der Waals surface area contributed by atoms with E-state index in [-0.39, 0.29) is 0 Å². The van der Waals surface area contributed by atoms with E-state index in [4.69, 9.17) is 0 Å². The van der Waals surface area contributed by atoms with Gasteiger partial charge in [-0.05, 0) is 12.8 Å². The Labute approximate surface area is 68.6 Å². The molecular weight excluding hydrogens is 138 g/mol. The van der Waals surface area contributed by atoms with Gasteiger partial charge in [0, 0.05) is 13.1 Å². The number of nitrogens with zero attached hydrogens (tertiary/aromatic N) is 1. The molecule has 1 rings (SSSR count). The van der Waals surface area contributed by atoms with Crippen LogP contribution in [0.2, 0.25) is 0 Å². The lowest BCUT2D eigenvalue weighted by molar-refractivity contribution is 0.311. The molecule has 0 aromatic carbocycles. The summed E-state index contributed by atoms with van der Waals surface area (Å²) in [4.78, 5) is 12.0.